The van der Waals surface area contributed by atoms with Gasteiger partial charge in [-0.25, -0.2) is 0 Å². The summed E-state index contributed by atoms with van der Waals surface area (Å²) >= 11 is 0. The van der Waals surface area contributed by atoms with Crippen LogP contribution in [0.15, 0.2) is 60.7 Å². The summed E-state index contributed by atoms with van der Waals surface area (Å²) in [6.07, 6.45) is 2.51. The summed E-state index contributed by atoms with van der Waals surface area (Å²) < 4.78 is 0. The van der Waals surface area contributed by atoms with Crippen molar-refractivity contribution in [2.75, 3.05) is 20.1 Å². The van der Waals surface area contributed by atoms with E-state index < -0.39 is 22.9 Å². The summed E-state index contributed by atoms with van der Waals surface area (Å²) in [6.45, 7) is 3.61. The molecule has 198 valence electrons. The van der Waals surface area contributed by atoms with E-state index >= 15 is 0 Å². The van der Waals surface area contributed by atoms with Crippen molar-refractivity contribution in [3.05, 3.63) is 71.8 Å². The third kappa shape index (κ3) is 7.04. The van der Waals surface area contributed by atoms with E-state index in [0.717, 1.165) is 17.5 Å². The van der Waals surface area contributed by atoms with Crippen molar-refractivity contribution in [1.82, 2.24) is 15.5 Å². The van der Waals surface area contributed by atoms with E-state index in [0.29, 0.717) is 37.9 Å². The summed E-state index contributed by atoms with van der Waals surface area (Å²) in [7, 11) is 1.55. The van der Waals surface area contributed by atoms with Crippen LogP contribution in [0.25, 0.3) is 0 Å². The molecule has 8 nitrogen and oxygen atoms in total. The summed E-state index contributed by atoms with van der Waals surface area (Å²) in [6, 6.07) is 18.8. The average Bonchev–Trinajstić information content (AvgIpc) is 2.89. The fourth-order valence-corrected chi connectivity index (χ4v) is 4.79. The van der Waals surface area contributed by atoms with E-state index in [9.17, 15) is 14.4 Å². The van der Waals surface area contributed by atoms with Gasteiger partial charge >= 0.3 is 0 Å². The van der Waals surface area contributed by atoms with E-state index in [-0.39, 0.29) is 18.4 Å². The van der Waals surface area contributed by atoms with E-state index in [4.69, 9.17) is 11.1 Å². The van der Waals surface area contributed by atoms with Gasteiger partial charge in [0.15, 0.2) is 0 Å². The smallest absolute Gasteiger partial charge is 0.245 e. The van der Waals surface area contributed by atoms with Crippen LogP contribution >= 0.6 is 0 Å². The molecule has 0 aliphatic carbocycles. The molecule has 3 rings (SSSR count). The molecule has 0 bridgehead atoms. The number of nitrogens with two attached hydrogens (primary N) is 1. The van der Waals surface area contributed by atoms with Crippen LogP contribution in [0, 0.1) is 10.8 Å². The lowest BCUT2D eigenvalue weighted by Gasteiger charge is -2.43. The molecule has 5 N–H and O–H groups in total. The molecule has 0 saturated carbocycles. The number of carbonyl (C=O) groups is 3. The summed E-state index contributed by atoms with van der Waals surface area (Å²) in [5.74, 6) is -0.941. The lowest BCUT2D eigenvalue weighted by atomic mass is 9.72. The van der Waals surface area contributed by atoms with Gasteiger partial charge in [-0.2, -0.15) is 0 Å². The molecule has 1 aliphatic heterocycles. The predicted octanol–water partition coefficient (Wildman–Crippen LogP) is 2.46. The average molecular weight is 506 g/mol. The van der Waals surface area contributed by atoms with E-state index in [1.165, 1.54) is 0 Å². The summed E-state index contributed by atoms with van der Waals surface area (Å²) in [5.41, 5.74) is 6.10. The number of nitrogens with one attached hydrogen (secondary N) is 3. The molecule has 0 radical (unpaired) electrons. The first-order chi connectivity index (χ1) is 17.6. The first-order valence-electron chi connectivity index (χ1n) is 12.8. The van der Waals surface area contributed by atoms with Crippen LogP contribution in [0.4, 0.5) is 0 Å². The Morgan fingerprint density at radius 1 is 1.05 bits per heavy atom. The van der Waals surface area contributed by atoms with Crippen LogP contribution < -0.4 is 16.4 Å². The first-order valence-corrected chi connectivity index (χ1v) is 12.8. The minimum atomic E-state index is -1.17. The number of amides is 3. The highest BCUT2D eigenvalue weighted by Gasteiger charge is 2.48. The van der Waals surface area contributed by atoms with Gasteiger partial charge in [0, 0.05) is 32.3 Å². The molecule has 2 aromatic carbocycles. The Balaban J connectivity index is 1.83. The maximum absolute atomic E-state index is 13.8. The van der Waals surface area contributed by atoms with Crippen LogP contribution in [-0.4, -0.2) is 60.1 Å². The molecule has 1 saturated heterocycles. The monoisotopic (exact) mass is 505 g/mol. The largest absolute Gasteiger partial charge is 0.358 e. The third-order valence-corrected chi connectivity index (χ3v) is 6.98. The number of carbonyl (C=O) groups excluding carboxylic acids is 3. The van der Waals surface area contributed by atoms with E-state index in [1.807, 2.05) is 60.7 Å². The second kappa shape index (κ2) is 12.1. The standard InChI is InChI=1S/C29H39N5O3/c1-28(2,31)26(36)33-23(16-10-15-21-11-6-4-7-12-21)25(35)34-18-17-24(30)29(20-34,27(37)32-3)19-22-13-8-5-9-14-22/h4-9,11-14,23,30H,10,15-20,31H2,1-3H3,(H,32,37)(H,33,36)/t23-,29-/m1/s1. The molecule has 8 heteroatoms. The van der Waals surface area contributed by atoms with Crippen LogP contribution in [-0.2, 0) is 27.2 Å². The number of aryl methyl sites for hydroxylation is 1. The number of hydrogen-bond acceptors (Lipinski definition) is 5. The van der Waals surface area contributed by atoms with Crippen molar-refractivity contribution >= 4 is 23.4 Å². The maximum atomic E-state index is 13.8. The minimum absolute atomic E-state index is 0.0797. The Kier molecular flexibility index (Phi) is 9.21. The van der Waals surface area contributed by atoms with E-state index in [2.05, 4.69) is 10.6 Å². The molecular formula is C29H39N5O3. The highest BCUT2D eigenvalue weighted by Crippen LogP contribution is 2.32. The zero-order valence-corrected chi connectivity index (χ0v) is 22.0. The second-order valence-electron chi connectivity index (χ2n) is 10.4. The highest BCUT2D eigenvalue weighted by molar-refractivity contribution is 6.09. The van der Waals surface area contributed by atoms with Crippen molar-refractivity contribution in [2.45, 2.75) is 57.5 Å². The van der Waals surface area contributed by atoms with Gasteiger partial charge in [0.25, 0.3) is 0 Å². The third-order valence-electron chi connectivity index (χ3n) is 6.98. The van der Waals surface area contributed by atoms with Gasteiger partial charge in [-0.05, 0) is 50.7 Å². The van der Waals surface area contributed by atoms with Crippen LogP contribution in [0.2, 0.25) is 0 Å². The zero-order valence-electron chi connectivity index (χ0n) is 22.0. The van der Waals surface area contributed by atoms with Gasteiger partial charge in [-0.15, -0.1) is 0 Å². The molecule has 1 heterocycles. The number of likely N-dealkylation sites (tertiary alicyclic amines) is 1. The molecular weight excluding hydrogens is 466 g/mol. The predicted molar refractivity (Wildman–Crippen MR) is 145 cm³/mol. The fourth-order valence-electron chi connectivity index (χ4n) is 4.79. The minimum Gasteiger partial charge on any atom is -0.358 e. The summed E-state index contributed by atoms with van der Waals surface area (Å²) in [5, 5.41) is 14.3. The molecule has 3 amide bonds. The molecule has 1 aliphatic rings. The van der Waals surface area contributed by atoms with Gasteiger partial charge in [-0.1, -0.05) is 60.7 Å². The van der Waals surface area contributed by atoms with Crippen molar-refractivity contribution in [3.8, 4) is 0 Å². The van der Waals surface area contributed by atoms with Crippen LogP contribution in [0.5, 0.6) is 0 Å². The van der Waals surface area contributed by atoms with Crippen molar-refractivity contribution < 1.29 is 14.4 Å². The van der Waals surface area contributed by atoms with Crippen LogP contribution in [0.1, 0.15) is 44.2 Å². The Morgan fingerprint density at radius 3 is 2.22 bits per heavy atom. The van der Waals surface area contributed by atoms with Gasteiger partial charge in [0.1, 0.15) is 11.5 Å². The molecule has 2 atom stereocenters. The summed E-state index contributed by atoms with van der Waals surface area (Å²) in [4.78, 5) is 41.4. The zero-order chi connectivity index (χ0) is 27.1. The number of piperidine rings is 1. The Morgan fingerprint density at radius 2 is 1.65 bits per heavy atom. The van der Waals surface area contributed by atoms with Crippen molar-refractivity contribution in [2.24, 2.45) is 11.1 Å². The van der Waals surface area contributed by atoms with E-state index in [1.54, 1.807) is 25.8 Å². The maximum Gasteiger partial charge on any atom is 0.245 e. The lowest BCUT2D eigenvalue weighted by Crippen LogP contribution is -2.62. The second-order valence-corrected chi connectivity index (χ2v) is 10.4. The van der Waals surface area contributed by atoms with Gasteiger partial charge in [0.2, 0.25) is 17.7 Å². The van der Waals surface area contributed by atoms with Gasteiger partial charge < -0.3 is 26.7 Å². The normalized spacial score (nSPS) is 18.7. The number of nitrogens with zero attached hydrogens (tertiary/aromatic N) is 1. The lowest BCUT2D eigenvalue weighted by molar-refractivity contribution is -0.141. The molecule has 0 spiro atoms. The quantitative estimate of drug-likeness (QED) is 0.395. The molecule has 2 aromatic rings. The SMILES string of the molecule is CNC(=O)[C@]1(Cc2ccccc2)CN(C(=O)[C@@H](CCCc2ccccc2)NC(=O)C(C)(C)N)CCC1=N. The van der Waals surface area contributed by atoms with Gasteiger partial charge in [-0.3, -0.25) is 14.4 Å². The molecule has 37 heavy (non-hydrogen) atoms. The first kappa shape index (κ1) is 28.1. The Bertz CT molecular complexity index is 1090. The molecule has 1 fully saturated rings. The molecule has 0 aromatic heterocycles. The Hall–Kier alpha value is -3.52. The van der Waals surface area contributed by atoms with Gasteiger partial charge in [0.05, 0.1) is 5.54 Å². The molecule has 0 unspecified atom stereocenters. The van der Waals surface area contributed by atoms with Crippen LogP contribution in [0.3, 0.4) is 0 Å². The highest BCUT2D eigenvalue weighted by atomic mass is 16.2. The number of rotatable bonds is 10. The van der Waals surface area contributed by atoms with Crippen molar-refractivity contribution in [3.63, 3.8) is 0 Å². The Labute approximate surface area is 219 Å². The van der Waals surface area contributed by atoms with Crippen molar-refractivity contribution in [1.29, 1.82) is 5.41 Å². The number of benzene rings is 2. The topological polar surface area (TPSA) is 128 Å². The fraction of sp³-hybridized carbons (Fsp3) is 0.448. The number of hydrogen-bond donors (Lipinski definition) is 4.